The van der Waals surface area contributed by atoms with Crippen molar-refractivity contribution in [3.8, 4) is 5.69 Å². The normalized spacial score (nSPS) is 11.9. The molecule has 1 atom stereocenters. The van der Waals surface area contributed by atoms with Gasteiger partial charge in [-0.15, -0.1) is 0 Å². The maximum atomic E-state index is 12.4. The summed E-state index contributed by atoms with van der Waals surface area (Å²) in [5.41, 5.74) is 6.98. The van der Waals surface area contributed by atoms with Crippen LogP contribution in [-0.4, -0.2) is 38.7 Å². The molecule has 1 aromatic carbocycles. The summed E-state index contributed by atoms with van der Waals surface area (Å²) < 4.78 is 1.68. The average molecular weight is 302 g/mol. The van der Waals surface area contributed by atoms with E-state index in [1.165, 1.54) is 0 Å². The Morgan fingerprint density at radius 3 is 2.71 bits per heavy atom. The van der Waals surface area contributed by atoms with E-state index in [4.69, 9.17) is 18.0 Å². The zero-order chi connectivity index (χ0) is 15.4. The summed E-state index contributed by atoms with van der Waals surface area (Å²) in [7, 11) is 1.74. The fraction of sp³-hybridized carbons (Fsp3) is 0.267. The van der Waals surface area contributed by atoms with Crippen molar-refractivity contribution in [1.82, 2.24) is 14.7 Å². The van der Waals surface area contributed by atoms with Crippen molar-refractivity contribution in [1.29, 1.82) is 0 Å². The summed E-state index contributed by atoms with van der Waals surface area (Å²) in [6.45, 7) is 1.92. The number of thiocarbonyl (C=S) groups is 1. The number of rotatable bonds is 5. The first-order valence-corrected chi connectivity index (χ1v) is 7.05. The Bertz CT molecular complexity index is 638. The third-order valence-electron chi connectivity index (χ3n) is 3.33. The molecule has 1 amide bonds. The highest BCUT2D eigenvalue weighted by molar-refractivity contribution is 7.80. The van der Waals surface area contributed by atoms with E-state index in [1.54, 1.807) is 29.0 Å². The molecule has 0 spiro atoms. The third-order valence-corrected chi connectivity index (χ3v) is 3.50. The topological polar surface area (TPSA) is 64.2 Å². The van der Waals surface area contributed by atoms with Gasteiger partial charge in [-0.05, 0) is 19.1 Å². The molecular formula is C15H18N4OS. The van der Waals surface area contributed by atoms with E-state index < -0.39 is 0 Å². The summed E-state index contributed by atoms with van der Waals surface area (Å²) in [6, 6.07) is 9.60. The lowest BCUT2D eigenvalue weighted by Crippen LogP contribution is -2.37. The maximum Gasteiger partial charge on any atom is 0.257 e. The van der Waals surface area contributed by atoms with E-state index in [-0.39, 0.29) is 11.9 Å². The number of benzene rings is 1. The van der Waals surface area contributed by atoms with Gasteiger partial charge < -0.3 is 10.6 Å². The Morgan fingerprint density at radius 1 is 1.43 bits per heavy atom. The highest BCUT2D eigenvalue weighted by atomic mass is 32.1. The van der Waals surface area contributed by atoms with E-state index in [0.717, 1.165) is 5.69 Å². The number of para-hydroxylation sites is 1. The molecule has 2 aromatic rings. The molecule has 0 saturated heterocycles. The molecular weight excluding hydrogens is 284 g/mol. The lowest BCUT2D eigenvalue weighted by Gasteiger charge is -2.23. The van der Waals surface area contributed by atoms with Gasteiger partial charge in [-0.3, -0.25) is 4.79 Å². The largest absolute Gasteiger partial charge is 0.393 e. The standard InChI is InChI=1S/C15H18N4OS/c1-11(8-14(16)21)18(2)15(20)12-9-17-19(10-12)13-6-4-3-5-7-13/h3-7,9-11H,8H2,1-2H3,(H2,16,21). The summed E-state index contributed by atoms with van der Waals surface area (Å²) in [5.74, 6) is -0.0964. The van der Waals surface area contributed by atoms with Crippen molar-refractivity contribution in [3.63, 3.8) is 0 Å². The van der Waals surface area contributed by atoms with Gasteiger partial charge in [-0.25, -0.2) is 4.68 Å². The summed E-state index contributed by atoms with van der Waals surface area (Å²) >= 11 is 4.89. The number of hydrogen-bond donors (Lipinski definition) is 1. The Kier molecular flexibility index (Phi) is 4.70. The fourth-order valence-corrected chi connectivity index (χ4v) is 2.23. The zero-order valence-corrected chi connectivity index (χ0v) is 12.9. The van der Waals surface area contributed by atoms with Crippen LogP contribution >= 0.6 is 12.2 Å². The Labute approximate surface area is 129 Å². The molecule has 0 saturated carbocycles. The second-order valence-electron chi connectivity index (χ2n) is 4.94. The minimum Gasteiger partial charge on any atom is -0.393 e. The molecule has 0 bridgehead atoms. The molecule has 1 unspecified atom stereocenters. The summed E-state index contributed by atoms with van der Waals surface area (Å²) in [5, 5.41) is 4.23. The number of amides is 1. The molecule has 0 fully saturated rings. The lowest BCUT2D eigenvalue weighted by molar-refractivity contribution is 0.0748. The summed E-state index contributed by atoms with van der Waals surface area (Å²) in [4.78, 5) is 14.4. The molecule has 6 heteroatoms. The second-order valence-corrected chi connectivity index (χ2v) is 5.47. The summed E-state index contributed by atoms with van der Waals surface area (Å²) in [6.07, 6.45) is 3.80. The molecule has 0 radical (unpaired) electrons. The Morgan fingerprint density at radius 2 is 2.10 bits per heavy atom. The quantitative estimate of drug-likeness (QED) is 0.858. The van der Waals surface area contributed by atoms with Crippen LogP contribution in [0.3, 0.4) is 0 Å². The second kappa shape index (κ2) is 6.49. The minimum absolute atomic E-state index is 0.0462. The van der Waals surface area contributed by atoms with Crippen LogP contribution in [0.1, 0.15) is 23.7 Å². The van der Waals surface area contributed by atoms with Gasteiger partial charge in [0.25, 0.3) is 5.91 Å². The molecule has 1 aromatic heterocycles. The average Bonchev–Trinajstić information content (AvgIpc) is 2.95. The number of nitrogens with zero attached hydrogens (tertiary/aromatic N) is 3. The first kappa shape index (κ1) is 15.2. The van der Waals surface area contributed by atoms with Crippen LogP contribution in [0.4, 0.5) is 0 Å². The van der Waals surface area contributed by atoms with Gasteiger partial charge in [0.15, 0.2) is 0 Å². The SMILES string of the molecule is CC(CC(N)=S)N(C)C(=O)c1cnn(-c2ccccc2)c1. The Balaban J connectivity index is 2.14. The van der Waals surface area contributed by atoms with Gasteiger partial charge in [0, 0.05) is 25.7 Å². The van der Waals surface area contributed by atoms with Gasteiger partial charge >= 0.3 is 0 Å². The monoisotopic (exact) mass is 302 g/mol. The van der Waals surface area contributed by atoms with Crippen LogP contribution in [0.2, 0.25) is 0 Å². The maximum absolute atomic E-state index is 12.4. The number of nitrogens with two attached hydrogens (primary N) is 1. The molecule has 0 aliphatic rings. The fourth-order valence-electron chi connectivity index (χ4n) is 1.99. The number of carbonyl (C=O) groups is 1. The number of hydrogen-bond acceptors (Lipinski definition) is 3. The van der Waals surface area contributed by atoms with Gasteiger partial charge in [0.1, 0.15) is 0 Å². The highest BCUT2D eigenvalue weighted by Crippen LogP contribution is 2.11. The van der Waals surface area contributed by atoms with Crippen molar-refractivity contribution in [3.05, 3.63) is 48.3 Å². The van der Waals surface area contributed by atoms with E-state index >= 15 is 0 Å². The first-order chi connectivity index (χ1) is 9.99. The van der Waals surface area contributed by atoms with E-state index in [0.29, 0.717) is 17.0 Å². The van der Waals surface area contributed by atoms with Crippen LogP contribution in [0.5, 0.6) is 0 Å². The minimum atomic E-state index is -0.0964. The first-order valence-electron chi connectivity index (χ1n) is 6.64. The van der Waals surface area contributed by atoms with Crippen molar-refractivity contribution in [2.45, 2.75) is 19.4 Å². The smallest absolute Gasteiger partial charge is 0.257 e. The number of aromatic nitrogens is 2. The lowest BCUT2D eigenvalue weighted by atomic mass is 10.2. The molecule has 2 N–H and O–H groups in total. The van der Waals surface area contributed by atoms with Crippen LogP contribution in [-0.2, 0) is 0 Å². The van der Waals surface area contributed by atoms with Crippen LogP contribution in [0, 0.1) is 0 Å². The molecule has 1 heterocycles. The van der Waals surface area contributed by atoms with Gasteiger partial charge in [-0.2, -0.15) is 5.10 Å². The van der Waals surface area contributed by atoms with Crippen molar-refractivity contribution < 1.29 is 4.79 Å². The van der Waals surface area contributed by atoms with Crippen molar-refractivity contribution >= 4 is 23.1 Å². The van der Waals surface area contributed by atoms with Gasteiger partial charge in [-0.1, -0.05) is 30.4 Å². The van der Waals surface area contributed by atoms with E-state index in [1.807, 2.05) is 37.3 Å². The predicted molar refractivity (Wildman–Crippen MR) is 86.5 cm³/mol. The third kappa shape index (κ3) is 3.66. The number of carbonyl (C=O) groups excluding carboxylic acids is 1. The molecule has 110 valence electrons. The van der Waals surface area contributed by atoms with Crippen LogP contribution in [0.15, 0.2) is 42.7 Å². The van der Waals surface area contributed by atoms with E-state index in [2.05, 4.69) is 5.10 Å². The molecule has 2 rings (SSSR count). The van der Waals surface area contributed by atoms with Gasteiger partial charge in [0.2, 0.25) is 0 Å². The van der Waals surface area contributed by atoms with Crippen molar-refractivity contribution in [2.24, 2.45) is 5.73 Å². The molecule has 5 nitrogen and oxygen atoms in total. The van der Waals surface area contributed by atoms with Crippen molar-refractivity contribution in [2.75, 3.05) is 7.05 Å². The molecule has 21 heavy (non-hydrogen) atoms. The zero-order valence-electron chi connectivity index (χ0n) is 12.1. The highest BCUT2D eigenvalue weighted by Gasteiger charge is 2.19. The van der Waals surface area contributed by atoms with Crippen LogP contribution in [0.25, 0.3) is 5.69 Å². The van der Waals surface area contributed by atoms with Crippen LogP contribution < -0.4 is 5.73 Å². The van der Waals surface area contributed by atoms with E-state index in [9.17, 15) is 4.79 Å². The molecule has 0 aliphatic carbocycles. The predicted octanol–water partition coefficient (Wildman–Crippen LogP) is 2.01. The Hall–Kier alpha value is -2.21. The van der Waals surface area contributed by atoms with Gasteiger partial charge in [0.05, 0.1) is 22.4 Å². The molecule has 0 aliphatic heterocycles.